The standard InChI is InChI=1S/C22H27N5O2/c28-21(9-8-19-16-23-27(17-19)20-6-2-1-3-7-20)26-14-12-24(13-15-26)18-22(29)25-10-4-5-11-25/h1-3,6-9,16-17H,4-5,10-15,18H2. The second-order valence-corrected chi connectivity index (χ2v) is 7.58. The predicted octanol–water partition coefficient (Wildman–Crippen LogP) is 1.65. The van der Waals surface area contributed by atoms with E-state index in [-0.39, 0.29) is 11.8 Å². The zero-order chi connectivity index (χ0) is 20.1. The van der Waals surface area contributed by atoms with Gasteiger partial charge in [-0.1, -0.05) is 18.2 Å². The van der Waals surface area contributed by atoms with Crippen molar-refractivity contribution in [3.8, 4) is 5.69 Å². The van der Waals surface area contributed by atoms with Gasteiger partial charge in [0.1, 0.15) is 0 Å². The summed E-state index contributed by atoms with van der Waals surface area (Å²) >= 11 is 0. The molecule has 3 heterocycles. The van der Waals surface area contributed by atoms with E-state index in [1.165, 1.54) is 0 Å². The Kier molecular flexibility index (Phi) is 6.05. The summed E-state index contributed by atoms with van der Waals surface area (Å²) in [6, 6.07) is 9.87. The molecule has 7 heteroatoms. The van der Waals surface area contributed by atoms with Crippen molar-refractivity contribution in [1.29, 1.82) is 0 Å². The van der Waals surface area contributed by atoms with Crippen LogP contribution in [0.4, 0.5) is 0 Å². The fraction of sp³-hybridized carbons (Fsp3) is 0.409. The van der Waals surface area contributed by atoms with Crippen molar-refractivity contribution in [1.82, 2.24) is 24.5 Å². The fourth-order valence-electron chi connectivity index (χ4n) is 3.80. The number of hydrogen-bond donors (Lipinski definition) is 0. The minimum absolute atomic E-state index is 0.00276. The number of benzene rings is 1. The van der Waals surface area contributed by atoms with Crippen molar-refractivity contribution in [3.63, 3.8) is 0 Å². The number of para-hydroxylation sites is 1. The lowest BCUT2D eigenvalue weighted by Gasteiger charge is -2.34. The highest BCUT2D eigenvalue weighted by molar-refractivity contribution is 5.91. The number of carbonyl (C=O) groups excluding carboxylic acids is 2. The van der Waals surface area contributed by atoms with Crippen LogP contribution in [-0.4, -0.2) is 82.1 Å². The van der Waals surface area contributed by atoms with Gasteiger partial charge in [0.2, 0.25) is 11.8 Å². The van der Waals surface area contributed by atoms with E-state index >= 15 is 0 Å². The number of rotatable bonds is 5. The monoisotopic (exact) mass is 393 g/mol. The third-order valence-corrected chi connectivity index (χ3v) is 5.54. The molecule has 0 radical (unpaired) electrons. The summed E-state index contributed by atoms with van der Waals surface area (Å²) < 4.78 is 1.79. The molecule has 0 saturated carbocycles. The molecule has 7 nitrogen and oxygen atoms in total. The number of piperazine rings is 1. The lowest BCUT2D eigenvalue weighted by Crippen LogP contribution is -2.51. The number of amides is 2. The van der Waals surface area contributed by atoms with E-state index < -0.39 is 0 Å². The Morgan fingerprint density at radius 3 is 2.38 bits per heavy atom. The van der Waals surface area contributed by atoms with Gasteiger partial charge >= 0.3 is 0 Å². The van der Waals surface area contributed by atoms with E-state index in [2.05, 4.69) is 10.00 Å². The first-order valence-corrected chi connectivity index (χ1v) is 10.3. The second kappa shape index (κ2) is 9.05. The molecule has 0 unspecified atom stereocenters. The molecule has 2 fully saturated rings. The predicted molar refractivity (Wildman–Crippen MR) is 111 cm³/mol. The first-order valence-electron chi connectivity index (χ1n) is 10.3. The van der Waals surface area contributed by atoms with Crippen LogP contribution >= 0.6 is 0 Å². The lowest BCUT2D eigenvalue weighted by atomic mass is 10.2. The summed E-state index contributed by atoms with van der Waals surface area (Å²) in [6.45, 7) is 5.04. The Hall–Kier alpha value is -2.93. The van der Waals surface area contributed by atoms with Gasteiger partial charge in [0.25, 0.3) is 0 Å². The molecule has 152 valence electrons. The average Bonchev–Trinajstić information content (AvgIpc) is 3.45. The minimum Gasteiger partial charge on any atom is -0.342 e. The van der Waals surface area contributed by atoms with Crippen molar-refractivity contribution in [2.45, 2.75) is 12.8 Å². The highest BCUT2D eigenvalue weighted by atomic mass is 16.2. The number of carbonyl (C=O) groups is 2. The van der Waals surface area contributed by atoms with Crippen LogP contribution in [0, 0.1) is 0 Å². The van der Waals surface area contributed by atoms with Crippen molar-refractivity contribution in [2.75, 3.05) is 45.8 Å². The first kappa shape index (κ1) is 19.4. The molecule has 0 atom stereocenters. The van der Waals surface area contributed by atoms with Crippen LogP contribution in [0.15, 0.2) is 48.8 Å². The van der Waals surface area contributed by atoms with Crippen molar-refractivity contribution in [2.24, 2.45) is 0 Å². The minimum atomic E-state index is 0.00276. The van der Waals surface area contributed by atoms with Crippen molar-refractivity contribution < 1.29 is 9.59 Å². The van der Waals surface area contributed by atoms with Gasteiger partial charge in [0.05, 0.1) is 18.4 Å². The number of aromatic nitrogens is 2. The van der Waals surface area contributed by atoms with Crippen LogP contribution in [0.25, 0.3) is 11.8 Å². The van der Waals surface area contributed by atoms with Gasteiger partial charge in [-0.05, 0) is 31.1 Å². The van der Waals surface area contributed by atoms with Crippen molar-refractivity contribution >= 4 is 17.9 Å². The summed E-state index contributed by atoms with van der Waals surface area (Å²) in [5, 5.41) is 4.34. The Bertz CT molecular complexity index is 862. The first-order chi connectivity index (χ1) is 14.2. The van der Waals surface area contributed by atoms with Gasteiger partial charge in [-0.3, -0.25) is 14.5 Å². The summed E-state index contributed by atoms with van der Waals surface area (Å²) in [5.41, 5.74) is 1.87. The zero-order valence-electron chi connectivity index (χ0n) is 16.6. The molecule has 2 aliphatic rings. The molecular formula is C22H27N5O2. The Morgan fingerprint density at radius 1 is 0.931 bits per heavy atom. The molecule has 0 bridgehead atoms. The molecule has 2 amide bonds. The molecule has 0 aliphatic carbocycles. The zero-order valence-corrected chi connectivity index (χ0v) is 16.6. The molecular weight excluding hydrogens is 366 g/mol. The van der Waals surface area contributed by atoms with Crippen LogP contribution in [0.2, 0.25) is 0 Å². The van der Waals surface area contributed by atoms with E-state index in [1.54, 1.807) is 23.0 Å². The topological polar surface area (TPSA) is 61.7 Å². The van der Waals surface area contributed by atoms with Gasteiger partial charge in [0.15, 0.2) is 0 Å². The maximum absolute atomic E-state index is 12.5. The van der Waals surface area contributed by atoms with Crippen LogP contribution < -0.4 is 0 Å². The summed E-state index contributed by atoms with van der Waals surface area (Å²) in [4.78, 5) is 30.7. The van der Waals surface area contributed by atoms with E-state index in [9.17, 15) is 9.59 Å². The summed E-state index contributed by atoms with van der Waals surface area (Å²) in [5.74, 6) is 0.223. The largest absolute Gasteiger partial charge is 0.342 e. The molecule has 2 saturated heterocycles. The van der Waals surface area contributed by atoms with Crippen LogP contribution in [0.5, 0.6) is 0 Å². The van der Waals surface area contributed by atoms with Gasteiger partial charge in [-0.2, -0.15) is 5.10 Å². The van der Waals surface area contributed by atoms with Gasteiger partial charge in [0, 0.05) is 57.1 Å². The Labute approximate surface area is 171 Å². The van der Waals surface area contributed by atoms with Crippen LogP contribution in [-0.2, 0) is 9.59 Å². The number of likely N-dealkylation sites (tertiary alicyclic amines) is 1. The SMILES string of the molecule is O=C(C=Cc1cnn(-c2ccccc2)c1)N1CCN(CC(=O)N2CCCC2)CC1. The van der Waals surface area contributed by atoms with Crippen molar-refractivity contribution in [3.05, 3.63) is 54.4 Å². The van der Waals surface area contributed by atoms with Gasteiger partial charge < -0.3 is 9.80 Å². The molecule has 1 aromatic carbocycles. The molecule has 2 aliphatic heterocycles. The molecule has 0 spiro atoms. The average molecular weight is 393 g/mol. The molecule has 29 heavy (non-hydrogen) atoms. The quantitative estimate of drug-likeness (QED) is 0.725. The normalized spacial score (nSPS) is 17.9. The molecule has 4 rings (SSSR count). The fourth-order valence-corrected chi connectivity index (χ4v) is 3.80. The highest BCUT2D eigenvalue weighted by Gasteiger charge is 2.24. The van der Waals surface area contributed by atoms with Crippen LogP contribution in [0.3, 0.4) is 0 Å². The third-order valence-electron chi connectivity index (χ3n) is 5.54. The second-order valence-electron chi connectivity index (χ2n) is 7.58. The van der Waals surface area contributed by atoms with E-state index in [0.717, 1.165) is 50.3 Å². The lowest BCUT2D eigenvalue weighted by molar-refractivity contribution is -0.132. The van der Waals surface area contributed by atoms with E-state index in [1.807, 2.05) is 46.3 Å². The Balaban J connectivity index is 1.25. The molecule has 2 aromatic rings. The molecule has 0 N–H and O–H groups in total. The number of nitrogens with zero attached hydrogens (tertiary/aromatic N) is 5. The number of hydrogen-bond acceptors (Lipinski definition) is 4. The molecule has 1 aromatic heterocycles. The maximum atomic E-state index is 12.5. The van der Waals surface area contributed by atoms with E-state index in [0.29, 0.717) is 19.6 Å². The van der Waals surface area contributed by atoms with Gasteiger partial charge in [-0.25, -0.2) is 4.68 Å². The third kappa shape index (κ3) is 4.92. The Morgan fingerprint density at radius 2 is 1.66 bits per heavy atom. The van der Waals surface area contributed by atoms with Gasteiger partial charge in [-0.15, -0.1) is 0 Å². The highest BCUT2D eigenvalue weighted by Crippen LogP contribution is 2.11. The summed E-state index contributed by atoms with van der Waals surface area (Å²) in [6.07, 6.45) is 9.30. The maximum Gasteiger partial charge on any atom is 0.246 e. The summed E-state index contributed by atoms with van der Waals surface area (Å²) in [7, 11) is 0. The smallest absolute Gasteiger partial charge is 0.246 e. The van der Waals surface area contributed by atoms with Crippen LogP contribution in [0.1, 0.15) is 18.4 Å². The van der Waals surface area contributed by atoms with E-state index in [4.69, 9.17) is 0 Å².